The maximum Gasteiger partial charge on any atom is 0.251 e. The van der Waals surface area contributed by atoms with E-state index in [9.17, 15) is 4.79 Å². The van der Waals surface area contributed by atoms with Crippen molar-refractivity contribution in [2.75, 3.05) is 13.2 Å². The first-order chi connectivity index (χ1) is 16.5. The summed E-state index contributed by atoms with van der Waals surface area (Å²) in [7, 11) is 0. The van der Waals surface area contributed by atoms with Crippen LogP contribution < -0.4 is 10.1 Å². The van der Waals surface area contributed by atoms with E-state index >= 15 is 0 Å². The van der Waals surface area contributed by atoms with Gasteiger partial charge in [0.1, 0.15) is 11.6 Å². The van der Waals surface area contributed by atoms with E-state index < -0.39 is 0 Å². The second-order valence-electron chi connectivity index (χ2n) is 8.58. The molecule has 6 heteroatoms. The van der Waals surface area contributed by atoms with Crippen LogP contribution in [0, 0.1) is 0 Å². The molecule has 4 rings (SSSR count). The Labute approximate surface area is 209 Å². The first kappa shape index (κ1) is 24.0. The number of nitrogens with one attached hydrogen (secondary N) is 1. The molecule has 0 aliphatic rings. The Hall–Kier alpha value is -3.12. The summed E-state index contributed by atoms with van der Waals surface area (Å²) in [6.45, 7) is 6.33. The average Bonchev–Trinajstić information content (AvgIpc) is 3.19. The number of hydrogen-bond donors (Lipinski definition) is 1. The molecule has 1 heterocycles. The number of para-hydroxylation sites is 3. The van der Waals surface area contributed by atoms with Gasteiger partial charge in [-0.1, -0.05) is 60.1 Å². The summed E-state index contributed by atoms with van der Waals surface area (Å²) in [6.07, 6.45) is 1.53. The maximum absolute atomic E-state index is 12.5. The lowest BCUT2D eigenvalue weighted by atomic mass is 10.0. The van der Waals surface area contributed by atoms with E-state index in [2.05, 4.69) is 57.9 Å². The fraction of sp³-hybridized carbons (Fsp3) is 0.286. The third-order valence-electron chi connectivity index (χ3n) is 5.80. The van der Waals surface area contributed by atoms with Crippen molar-refractivity contribution in [1.82, 2.24) is 14.9 Å². The lowest BCUT2D eigenvalue weighted by molar-refractivity contribution is 0.0954. The van der Waals surface area contributed by atoms with Gasteiger partial charge in [-0.05, 0) is 60.4 Å². The second kappa shape index (κ2) is 11.3. The number of nitrogens with zero attached hydrogens (tertiary/aromatic N) is 2. The van der Waals surface area contributed by atoms with Crippen LogP contribution in [0.25, 0.3) is 11.0 Å². The van der Waals surface area contributed by atoms with Crippen molar-refractivity contribution in [2.24, 2.45) is 0 Å². The molecule has 0 radical (unpaired) electrons. The van der Waals surface area contributed by atoms with E-state index in [1.807, 2.05) is 54.6 Å². The molecule has 0 saturated heterocycles. The minimum Gasteiger partial charge on any atom is -0.493 e. The molecule has 0 spiro atoms. The molecule has 0 atom stereocenters. The Bertz CT molecular complexity index is 1250. The second-order valence-corrected chi connectivity index (χ2v) is 9.49. The van der Waals surface area contributed by atoms with Crippen molar-refractivity contribution >= 4 is 32.9 Å². The number of amides is 1. The van der Waals surface area contributed by atoms with E-state index in [-0.39, 0.29) is 5.91 Å². The summed E-state index contributed by atoms with van der Waals surface area (Å²) in [5.74, 6) is 2.28. The standard InChI is InChI=1S/C28H30BrN3O2/c1-20(2)23-8-3-6-11-26(23)34-19-7-18-32-25-10-5-4-9-24(25)31-27(32)16-17-30-28(33)21-12-14-22(29)15-13-21/h3-6,8-15,20H,7,16-19H2,1-2H3,(H,30,33). The van der Waals surface area contributed by atoms with E-state index in [1.54, 1.807) is 0 Å². The number of ether oxygens (including phenoxy) is 1. The highest BCUT2D eigenvalue weighted by atomic mass is 79.9. The molecule has 1 amide bonds. The van der Waals surface area contributed by atoms with Gasteiger partial charge in [0.2, 0.25) is 0 Å². The Kier molecular flexibility index (Phi) is 8.01. The van der Waals surface area contributed by atoms with Gasteiger partial charge in [0.05, 0.1) is 17.6 Å². The van der Waals surface area contributed by atoms with Gasteiger partial charge in [0, 0.05) is 29.5 Å². The predicted molar refractivity (Wildman–Crippen MR) is 141 cm³/mol. The van der Waals surface area contributed by atoms with Crippen molar-refractivity contribution in [1.29, 1.82) is 0 Å². The Morgan fingerprint density at radius 3 is 2.56 bits per heavy atom. The van der Waals surface area contributed by atoms with E-state index in [1.165, 1.54) is 5.56 Å². The topological polar surface area (TPSA) is 56.1 Å². The van der Waals surface area contributed by atoms with E-state index in [0.717, 1.165) is 40.0 Å². The molecule has 0 unspecified atom stereocenters. The van der Waals surface area contributed by atoms with Crippen molar-refractivity contribution < 1.29 is 9.53 Å². The number of hydrogen-bond acceptors (Lipinski definition) is 3. The van der Waals surface area contributed by atoms with Crippen LogP contribution in [-0.4, -0.2) is 28.6 Å². The van der Waals surface area contributed by atoms with Gasteiger partial charge in [0.25, 0.3) is 5.91 Å². The number of carbonyl (C=O) groups excluding carboxylic acids is 1. The zero-order valence-corrected chi connectivity index (χ0v) is 21.2. The monoisotopic (exact) mass is 519 g/mol. The zero-order valence-electron chi connectivity index (χ0n) is 19.6. The molecule has 1 aromatic heterocycles. The van der Waals surface area contributed by atoms with Crippen molar-refractivity contribution in [2.45, 2.75) is 39.2 Å². The summed E-state index contributed by atoms with van der Waals surface area (Å²) in [5.41, 5.74) is 3.97. The van der Waals surface area contributed by atoms with Crippen LogP contribution in [0.4, 0.5) is 0 Å². The number of benzene rings is 3. The molecule has 0 aliphatic carbocycles. The molecule has 176 valence electrons. The largest absolute Gasteiger partial charge is 0.493 e. The normalized spacial score (nSPS) is 11.2. The molecule has 1 N–H and O–H groups in total. The summed E-state index contributed by atoms with van der Waals surface area (Å²) in [4.78, 5) is 17.3. The van der Waals surface area contributed by atoms with Crippen molar-refractivity contribution in [3.8, 4) is 5.75 Å². The number of aromatic nitrogens is 2. The van der Waals surface area contributed by atoms with Crippen molar-refractivity contribution in [3.63, 3.8) is 0 Å². The molecule has 3 aromatic carbocycles. The lowest BCUT2D eigenvalue weighted by Gasteiger charge is -2.14. The number of rotatable bonds is 10. The highest BCUT2D eigenvalue weighted by Crippen LogP contribution is 2.26. The summed E-state index contributed by atoms with van der Waals surface area (Å²) < 4.78 is 9.33. The lowest BCUT2D eigenvalue weighted by Crippen LogP contribution is -2.26. The molecule has 0 aliphatic heterocycles. The van der Waals surface area contributed by atoms with E-state index in [4.69, 9.17) is 9.72 Å². The number of fused-ring (bicyclic) bond motifs is 1. The smallest absolute Gasteiger partial charge is 0.251 e. The first-order valence-electron chi connectivity index (χ1n) is 11.7. The fourth-order valence-electron chi connectivity index (χ4n) is 4.05. The van der Waals surface area contributed by atoms with Crippen LogP contribution >= 0.6 is 15.9 Å². The molecule has 34 heavy (non-hydrogen) atoms. The fourth-order valence-corrected chi connectivity index (χ4v) is 4.31. The minimum atomic E-state index is -0.0765. The molecule has 4 aromatic rings. The van der Waals surface area contributed by atoms with Crippen LogP contribution in [0.1, 0.15) is 47.9 Å². The van der Waals surface area contributed by atoms with Crippen LogP contribution in [0.3, 0.4) is 0 Å². The molecule has 5 nitrogen and oxygen atoms in total. The van der Waals surface area contributed by atoms with Gasteiger partial charge in [-0.2, -0.15) is 0 Å². The van der Waals surface area contributed by atoms with Gasteiger partial charge in [-0.3, -0.25) is 4.79 Å². The van der Waals surface area contributed by atoms with Gasteiger partial charge in [0.15, 0.2) is 0 Å². The summed E-state index contributed by atoms with van der Waals surface area (Å²) in [6, 6.07) is 23.8. The Morgan fingerprint density at radius 1 is 1.03 bits per heavy atom. The summed E-state index contributed by atoms with van der Waals surface area (Å²) in [5, 5.41) is 3.01. The average molecular weight is 520 g/mol. The third-order valence-corrected chi connectivity index (χ3v) is 6.33. The van der Waals surface area contributed by atoms with Gasteiger partial charge in [-0.25, -0.2) is 4.98 Å². The van der Waals surface area contributed by atoms with Crippen molar-refractivity contribution in [3.05, 3.63) is 94.2 Å². The number of imidazole rings is 1. The minimum absolute atomic E-state index is 0.0765. The van der Waals surface area contributed by atoms with Gasteiger partial charge < -0.3 is 14.6 Å². The predicted octanol–water partition coefficient (Wildman–Crippen LogP) is 6.36. The van der Waals surface area contributed by atoms with Crippen LogP contribution in [0.5, 0.6) is 5.75 Å². The molecule has 0 bridgehead atoms. The first-order valence-corrected chi connectivity index (χ1v) is 12.5. The van der Waals surface area contributed by atoms with E-state index in [0.29, 0.717) is 31.1 Å². The number of halogens is 1. The molecule has 0 saturated carbocycles. The number of carbonyl (C=O) groups is 1. The van der Waals surface area contributed by atoms with Crippen LogP contribution in [0.15, 0.2) is 77.3 Å². The Balaban J connectivity index is 1.38. The highest BCUT2D eigenvalue weighted by Gasteiger charge is 2.12. The van der Waals surface area contributed by atoms with Crippen LogP contribution in [0.2, 0.25) is 0 Å². The maximum atomic E-state index is 12.5. The van der Waals surface area contributed by atoms with Crippen LogP contribution in [-0.2, 0) is 13.0 Å². The number of aryl methyl sites for hydroxylation is 1. The summed E-state index contributed by atoms with van der Waals surface area (Å²) >= 11 is 3.40. The molecular weight excluding hydrogens is 490 g/mol. The molecule has 0 fully saturated rings. The third kappa shape index (κ3) is 5.86. The quantitative estimate of drug-likeness (QED) is 0.248. The zero-order chi connectivity index (χ0) is 23.9. The highest BCUT2D eigenvalue weighted by molar-refractivity contribution is 9.10. The van der Waals surface area contributed by atoms with Gasteiger partial charge in [-0.15, -0.1) is 0 Å². The molecular formula is C28H30BrN3O2. The Morgan fingerprint density at radius 2 is 1.76 bits per heavy atom. The van der Waals surface area contributed by atoms with Gasteiger partial charge >= 0.3 is 0 Å². The SMILES string of the molecule is CC(C)c1ccccc1OCCCn1c(CCNC(=O)c2ccc(Br)cc2)nc2ccccc21.